The molecule has 3 aromatic carbocycles. The highest BCUT2D eigenvalue weighted by Crippen LogP contribution is 2.20. The Kier molecular flexibility index (Phi) is 5.46. The molecule has 0 bridgehead atoms. The third-order valence-electron chi connectivity index (χ3n) is 3.71. The standard InChI is InChI=1S/C19H14FN3O4S/c20-15-3-5-17(6-4-15)22-28(26,27)19-11-7-16(8-12-19)21-13-14-1-9-18(10-2-14)23(24)25/h1-13,22H. The Morgan fingerprint density at radius 3 is 2.11 bits per heavy atom. The van der Waals surface area contributed by atoms with E-state index in [1.807, 2.05) is 0 Å². The first kappa shape index (κ1) is 19.2. The number of hydrogen-bond acceptors (Lipinski definition) is 5. The van der Waals surface area contributed by atoms with Crippen molar-refractivity contribution in [3.8, 4) is 0 Å². The van der Waals surface area contributed by atoms with Crippen molar-refractivity contribution in [2.45, 2.75) is 4.90 Å². The number of nitro groups is 1. The van der Waals surface area contributed by atoms with Gasteiger partial charge in [0.15, 0.2) is 0 Å². The first-order chi connectivity index (χ1) is 13.3. The van der Waals surface area contributed by atoms with Gasteiger partial charge in [0.1, 0.15) is 5.82 Å². The van der Waals surface area contributed by atoms with E-state index in [-0.39, 0.29) is 16.3 Å². The van der Waals surface area contributed by atoms with Crippen LogP contribution in [0.1, 0.15) is 5.56 Å². The zero-order valence-electron chi connectivity index (χ0n) is 14.3. The predicted molar refractivity (Wildman–Crippen MR) is 104 cm³/mol. The van der Waals surface area contributed by atoms with Crippen LogP contribution in [0.15, 0.2) is 82.7 Å². The smallest absolute Gasteiger partial charge is 0.269 e. The summed E-state index contributed by atoms with van der Waals surface area (Å²) in [4.78, 5) is 14.4. The maximum Gasteiger partial charge on any atom is 0.269 e. The van der Waals surface area contributed by atoms with Crippen molar-refractivity contribution in [1.82, 2.24) is 0 Å². The number of anilines is 1. The molecule has 0 radical (unpaired) electrons. The molecule has 3 aromatic rings. The lowest BCUT2D eigenvalue weighted by Gasteiger charge is -2.08. The summed E-state index contributed by atoms with van der Waals surface area (Å²) < 4.78 is 40.0. The fraction of sp³-hybridized carbons (Fsp3) is 0. The van der Waals surface area contributed by atoms with Crippen molar-refractivity contribution < 1.29 is 17.7 Å². The summed E-state index contributed by atoms with van der Waals surface area (Å²) in [5, 5.41) is 10.6. The van der Waals surface area contributed by atoms with Crippen LogP contribution in [0.3, 0.4) is 0 Å². The van der Waals surface area contributed by atoms with E-state index in [1.54, 1.807) is 12.1 Å². The maximum absolute atomic E-state index is 12.9. The van der Waals surface area contributed by atoms with E-state index in [0.29, 0.717) is 11.3 Å². The lowest BCUT2D eigenvalue weighted by Crippen LogP contribution is -2.12. The van der Waals surface area contributed by atoms with E-state index in [4.69, 9.17) is 0 Å². The van der Waals surface area contributed by atoms with Crippen molar-refractivity contribution in [2.24, 2.45) is 4.99 Å². The molecule has 1 N–H and O–H groups in total. The second-order valence-electron chi connectivity index (χ2n) is 5.71. The molecule has 0 fully saturated rings. The molecule has 0 heterocycles. The van der Waals surface area contributed by atoms with Crippen LogP contribution in [0.5, 0.6) is 0 Å². The molecule has 9 heteroatoms. The lowest BCUT2D eigenvalue weighted by molar-refractivity contribution is -0.384. The highest BCUT2D eigenvalue weighted by Gasteiger charge is 2.14. The first-order valence-electron chi connectivity index (χ1n) is 8.00. The summed E-state index contributed by atoms with van der Waals surface area (Å²) in [7, 11) is -3.81. The molecule has 0 aromatic heterocycles. The van der Waals surface area contributed by atoms with Gasteiger partial charge in [-0.25, -0.2) is 12.8 Å². The Labute approximate surface area is 160 Å². The van der Waals surface area contributed by atoms with Gasteiger partial charge in [0, 0.05) is 24.0 Å². The summed E-state index contributed by atoms with van der Waals surface area (Å²) >= 11 is 0. The zero-order valence-corrected chi connectivity index (χ0v) is 15.1. The predicted octanol–water partition coefficient (Wildman–Crippen LogP) is 4.29. The van der Waals surface area contributed by atoms with Crippen molar-refractivity contribution >= 4 is 33.3 Å². The Hall–Kier alpha value is -3.59. The summed E-state index contributed by atoms with van der Waals surface area (Å²) in [5.74, 6) is -0.460. The summed E-state index contributed by atoms with van der Waals surface area (Å²) in [5.41, 5.74) is 1.42. The highest BCUT2D eigenvalue weighted by atomic mass is 32.2. The van der Waals surface area contributed by atoms with Gasteiger partial charge < -0.3 is 0 Å². The molecule has 142 valence electrons. The number of non-ortho nitro benzene ring substituents is 1. The highest BCUT2D eigenvalue weighted by molar-refractivity contribution is 7.92. The van der Waals surface area contributed by atoms with Gasteiger partial charge in [-0.2, -0.15) is 0 Å². The molecule has 0 spiro atoms. The first-order valence-corrected chi connectivity index (χ1v) is 9.49. The topological polar surface area (TPSA) is 102 Å². The van der Waals surface area contributed by atoms with Gasteiger partial charge in [0.25, 0.3) is 15.7 Å². The molecule has 7 nitrogen and oxygen atoms in total. The summed E-state index contributed by atoms with van der Waals surface area (Å²) in [6.45, 7) is 0. The minimum absolute atomic E-state index is 0.0136. The average Bonchev–Trinajstić information content (AvgIpc) is 2.68. The van der Waals surface area contributed by atoms with Crippen molar-refractivity contribution in [1.29, 1.82) is 0 Å². The van der Waals surface area contributed by atoms with Gasteiger partial charge in [-0.1, -0.05) is 0 Å². The number of hydrogen-bond donors (Lipinski definition) is 1. The minimum Gasteiger partial charge on any atom is -0.280 e. The van der Waals surface area contributed by atoms with Gasteiger partial charge in [-0.3, -0.25) is 19.8 Å². The normalized spacial score (nSPS) is 11.5. The Morgan fingerprint density at radius 2 is 1.54 bits per heavy atom. The zero-order chi connectivity index (χ0) is 20.1. The van der Waals surface area contributed by atoms with Crippen LogP contribution in [0, 0.1) is 15.9 Å². The van der Waals surface area contributed by atoms with Crippen LogP contribution in [-0.2, 0) is 10.0 Å². The van der Waals surface area contributed by atoms with Crippen LogP contribution in [0.4, 0.5) is 21.5 Å². The van der Waals surface area contributed by atoms with E-state index in [9.17, 15) is 22.9 Å². The molecular weight excluding hydrogens is 385 g/mol. The SMILES string of the molecule is O=[N+]([O-])c1ccc(C=Nc2ccc(S(=O)(=O)Nc3ccc(F)cc3)cc2)cc1. The van der Waals surface area contributed by atoms with Crippen LogP contribution in [0.25, 0.3) is 0 Å². The second kappa shape index (κ2) is 7.97. The largest absolute Gasteiger partial charge is 0.280 e. The molecule has 0 atom stereocenters. The Morgan fingerprint density at radius 1 is 0.929 bits per heavy atom. The monoisotopic (exact) mass is 399 g/mol. The molecule has 0 amide bonds. The number of nitrogens with zero attached hydrogens (tertiary/aromatic N) is 2. The van der Waals surface area contributed by atoms with Crippen LogP contribution in [-0.4, -0.2) is 19.6 Å². The second-order valence-corrected chi connectivity index (χ2v) is 7.40. The molecular formula is C19H14FN3O4S. The molecule has 0 aliphatic heterocycles. The van der Waals surface area contributed by atoms with Gasteiger partial charge in [0.2, 0.25) is 0 Å². The molecule has 0 aliphatic rings. The molecule has 3 rings (SSSR count). The molecule has 0 unspecified atom stereocenters. The van der Waals surface area contributed by atoms with Crippen molar-refractivity contribution in [3.63, 3.8) is 0 Å². The maximum atomic E-state index is 12.9. The molecule has 0 aliphatic carbocycles. The fourth-order valence-corrected chi connectivity index (χ4v) is 3.33. The Bertz CT molecular complexity index is 1110. The van der Waals surface area contributed by atoms with Crippen molar-refractivity contribution in [3.05, 3.63) is 94.3 Å². The van der Waals surface area contributed by atoms with Crippen LogP contribution in [0.2, 0.25) is 0 Å². The van der Waals surface area contributed by atoms with E-state index in [2.05, 4.69) is 9.71 Å². The summed E-state index contributed by atoms with van der Waals surface area (Å²) in [6, 6.07) is 16.7. The number of nitrogens with one attached hydrogen (secondary N) is 1. The number of benzene rings is 3. The number of aliphatic imine (C=N–C) groups is 1. The summed E-state index contributed by atoms with van der Waals surface area (Å²) in [6.07, 6.45) is 1.52. The number of rotatable bonds is 6. The number of sulfonamides is 1. The van der Waals surface area contributed by atoms with E-state index in [0.717, 1.165) is 12.1 Å². The third kappa shape index (κ3) is 4.77. The Balaban J connectivity index is 1.71. The minimum atomic E-state index is -3.81. The molecule has 0 saturated carbocycles. The van der Waals surface area contributed by atoms with E-state index in [1.165, 1.54) is 54.7 Å². The van der Waals surface area contributed by atoms with E-state index < -0.39 is 20.8 Å². The van der Waals surface area contributed by atoms with Gasteiger partial charge in [-0.05, 0) is 66.2 Å². The van der Waals surface area contributed by atoms with Crippen LogP contribution >= 0.6 is 0 Å². The fourth-order valence-electron chi connectivity index (χ4n) is 2.27. The number of nitro benzene ring substituents is 1. The third-order valence-corrected chi connectivity index (χ3v) is 5.11. The average molecular weight is 399 g/mol. The lowest BCUT2D eigenvalue weighted by atomic mass is 10.2. The van der Waals surface area contributed by atoms with Crippen LogP contribution < -0.4 is 4.72 Å². The van der Waals surface area contributed by atoms with Crippen molar-refractivity contribution in [2.75, 3.05) is 4.72 Å². The van der Waals surface area contributed by atoms with Gasteiger partial charge >= 0.3 is 0 Å². The quantitative estimate of drug-likeness (QED) is 0.380. The van der Waals surface area contributed by atoms with Gasteiger partial charge in [0.05, 0.1) is 15.5 Å². The molecule has 0 saturated heterocycles. The van der Waals surface area contributed by atoms with Gasteiger partial charge in [-0.15, -0.1) is 0 Å². The van der Waals surface area contributed by atoms with E-state index >= 15 is 0 Å². The molecule has 28 heavy (non-hydrogen) atoms. The number of halogens is 1.